The van der Waals surface area contributed by atoms with Crippen molar-refractivity contribution in [1.82, 2.24) is 5.32 Å². The molecular weight excluding hydrogens is 404 g/mol. The second-order valence-electron chi connectivity index (χ2n) is 6.80. The van der Waals surface area contributed by atoms with Crippen molar-refractivity contribution < 1.29 is 23.5 Å². The van der Waals surface area contributed by atoms with Gasteiger partial charge in [0.15, 0.2) is 5.78 Å². The van der Waals surface area contributed by atoms with Gasteiger partial charge in [-0.15, -0.1) is 11.8 Å². The lowest BCUT2D eigenvalue weighted by molar-refractivity contribution is -0.124. The van der Waals surface area contributed by atoms with E-state index >= 15 is 0 Å². The van der Waals surface area contributed by atoms with E-state index in [0.29, 0.717) is 18.8 Å². The van der Waals surface area contributed by atoms with E-state index in [1.54, 1.807) is 6.26 Å². The molecule has 30 heavy (non-hydrogen) atoms. The quantitative estimate of drug-likeness (QED) is 0.433. The molecule has 8 heteroatoms. The van der Waals surface area contributed by atoms with Gasteiger partial charge in [0.1, 0.15) is 17.7 Å². The zero-order valence-corrected chi connectivity index (χ0v) is 18.1. The van der Waals surface area contributed by atoms with Gasteiger partial charge in [-0.3, -0.25) is 14.9 Å². The first-order valence-corrected chi connectivity index (χ1v) is 11.0. The summed E-state index contributed by atoms with van der Waals surface area (Å²) in [6.07, 6.45) is 4.74. The highest BCUT2D eigenvalue weighted by Gasteiger charge is 2.19. The molecule has 0 aliphatic carbocycles. The molecule has 1 atom stereocenters. The van der Waals surface area contributed by atoms with Crippen LogP contribution < -0.4 is 10.6 Å². The lowest BCUT2D eigenvalue weighted by Crippen LogP contribution is -2.37. The van der Waals surface area contributed by atoms with Crippen LogP contribution in [-0.2, 0) is 26.7 Å². The van der Waals surface area contributed by atoms with E-state index in [2.05, 4.69) is 17.6 Å². The number of hydrogen-bond acceptors (Lipinski definition) is 6. The monoisotopic (exact) mass is 432 g/mol. The molecule has 0 radical (unpaired) electrons. The topological polar surface area (TPSA) is 97.6 Å². The Balaban J connectivity index is 0.000000244. The van der Waals surface area contributed by atoms with Crippen molar-refractivity contribution in [3.05, 3.63) is 54.0 Å². The normalized spacial score (nSPS) is 13.1. The maximum absolute atomic E-state index is 12.0. The lowest BCUT2D eigenvalue weighted by atomic mass is 10.1. The maximum Gasteiger partial charge on any atom is 0.411 e. The van der Waals surface area contributed by atoms with Crippen molar-refractivity contribution in [2.45, 2.75) is 57.3 Å². The predicted octanol–water partition coefficient (Wildman–Crippen LogP) is 4.87. The number of thioether (sulfide) groups is 1. The van der Waals surface area contributed by atoms with Crippen LogP contribution in [0.4, 0.5) is 10.5 Å². The predicted molar refractivity (Wildman–Crippen MR) is 117 cm³/mol. The summed E-state index contributed by atoms with van der Waals surface area (Å²) in [6.45, 7) is 3.89. The van der Waals surface area contributed by atoms with Crippen LogP contribution in [0.3, 0.4) is 0 Å². The van der Waals surface area contributed by atoms with Gasteiger partial charge in [-0.05, 0) is 36.2 Å². The number of carbonyl (C=O) groups is 3. The Morgan fingerprint density at radius 2 is 2.07 bits per heavy atom. The van der Waals surface area contributed by atoms with Crippen molar-refractivity contribution in [1.29, 1.82) is 0 Å². The number of furan rings is 1. The number of anilines is 1. The Bertz CT molecular complexity index is 823. The third-order valence-electron chi connectivity index (χ3n) is 4.17. The third kappa shape index (κ3) is 8.73. The number of Topliss-reactive ketones (excluding diaryl/α,β-unsaturated/α-hetero) is 1. The third-order valence-corrected chi connectivity index (χ3v) is 5.33. The highest BCUT2D eigenvalue weighted by atomic mass is 32.2. The molecule has 0 saturated heterocycles. The smallest absolute Gasteiger partial charge is 0.411 e. The second kappa shape index (κ2) is 12.7. The fraction of sp³-hybridized carbons (Fsp3) is 0.409. The summed E-state index contributed by atoms with van der Waals surface area (Å²) >= 11 is 1.40. The number of benzene rings is 1. The summed E-state index contributed by atoms with van der Waals surface area (Å²) in [5.74, 6) is 1.29. The average molecular weight is 433 g/mol. The van der Waals surface area contributed by atoms with Crippen LogP contribution in [0.25, 0.3) is 0 Å². The highest BCUT2D eigenvalue weighted by molar-refractivity contribution is 7.99. The molecule has 3 rings (SSSR count). The van der Waals surface area contributed by atoms with Gasteiger partial charge >= 0.3 is 6.09 Å². The standard InChI is InChI=1S/C14H21NO3S.C8H7NO2/c1-3-4-5-8-13(17)14(15-11(2)16)19-10-12-7-6-9-18-12;10-8-9-7-3-1-2-6(4-7)5-11-8/h6-7,9,14H,3-5,8,10H2,1-2H3,(H,15,16);1-4H,5H2,(H,9,10)/t14-;/m0./s1. The Labute approximate surface area is 180 Å². The summed E-state index contributed by atoms with van der Waals surface area (Å²) in [5.41, 5.74) is 1.81. The molecule has 162 valence electrons. The number of cyclic esters (lactones) is 1. The van der Waals surface area contributed by atoms with Crippen LogP contribution in [0.2, 0.25) is 0 Å². The van der Waals surface area contributed by atoms with E-state index in [1.165, 1.54) is 18.7 Å². The van der Waals surface area contributed by atoms with Crippen LogP contribution in [0.1, 0.15) is 50.9 Å². The first-order chi connectivity index (χ1) is 14.5. The fourth-order valence-electron chi connectivity index (χ4n) is 2.68. The Hall–Kier alpha value is -2.74. The number of fused-ring (bicyclic) bond motifs is 2. The zero-order chi connectivity index (χ0) is 21.8. The molecular formula is C22H28N2O5S. The van der Waals surface area contributed by atoms with E-state index in [4.69, 9.17) is 9.15 Å². The average Bonchev–Trinajstić information content (AvgIpc) is 3.20. The summed E-state index contributed by atoms with van der Waals surface area (Å²) < 4.78 is 10.0. The van der Waals surface area contributed by atoms with Gasteiger partial charge in [0.25, 0.3) is 0 Å². The molecule has 2 heterocycles. The van der Waals surface area contributed by atoms with Crippen molar-refractivity contribution in [3.63, 3.8) is 0 Å². The molecule has 0 spiro atoms. The van der Waals surface area contributed by atoms with E-state index in [-0.39, 0.29) is 17.8 Å². The van der Waals surface area contributed by atoms with Crippen LogP contribution in [0.5, 0.6) is 0 Å². The van der Waals surface area contributed by atoms with Gasteiger partial charge in [0.2, 0.25) is 5.91 Å². The Morgan fingerprint density at radius 1 is 1.23 bits per heavy atom. The second-order valence-corrected chi connectivity index (χ2v) is 7.89. The van der Waals surface area contributed by atoms with E-state index < -0.39 is 5.37 Å². The van der Waals surface area contributed by atoms with Crippen molar-refractivity contribution in [3.8, 4) is 0 Å². The van der Waals surface area contributed by atoms with Gasteiger partial charge in [-0.1, -0.05) is 31.9 Å². The zero-order valence-electron chi connectivity index (χ0n) is 17.3. The molecule has 1 aromatic carbocycles. The Morgan fingerprint density at radius 3 is 2.77 bits per heavy atom. The largest absolute Gasteiger partial charge is 0.468 e. The fourth-order valence-corrected chi connectivity index (χ4v) is 3.73. The van der Waals surface area contributed by atoms with Crippen molar-refractivity contribution in [2.75, 3.05) is 5.32 Å². The van der Waals surface area contributed by atoms with Crippen LogP contribution >= 0.6 is 11.8 Å². The number of nitrogens with one attached hydrogen (secondary N) is 2. The van der Waals surface area contributed by atoms with Crippen LogP contribution in [-0.4, -0.2) is 23.2 Å². The van der Waals surface area contributed by atoms with Crippen molar-refractivity contribution in [2.24, 2.45) is 0 Å². The van der Waals surface area contributed by atoms with E-state index in [1.807, 2.05) is 36.4 Å². The van der Waals surface area contributed by atoms with E-state index in [0.717, 1.165) is 36.3 Å². The molecule has 0 unspecified atom stereocenters. The minimum Gasteiger partial charge on any atom is -0.468 e. The number of amides is 2. The summed E-state index contributed by atoms with van der Waals surface area (Å²) in [4.78, 5) is 34.0. The minimum absolute atomic E-state index is 0.0835. The van der Waals surface area contributed by atoms with Crippen LogP contribution in [0, 0.1) is 0 Å². The number of hydrogen-bond donors (Lipinski definition) is 2. The van der Waals surface area contributed by atoms with Gasteiger partial charge in [-0.25, -0.2) is 4.79 Å². The van der Waals surface area contributed by atoms with Gasteiger partial charge < -0.3 is 14.5 Å². The molecule has 2 N–H and O–H groups in total. The molecule has 2 aromatic rings. The molecule has 7 nitrogen and oxygen atoms in total. The van der Waals surface area contributed by atoms with Gasteiger partial charge in [0, 0.05) is 19.0 Å². The Kier molecular flexibility index (Phi) is 10.00. The van der Waals surface area contributed by atoms with E-state index in [9.17, 15) is 14.4 Å². The molecule has 0 fully saturated rings. The summed E-state index contributed by atoms with van der Waals surface area (Å²) in [6, 6.07) is 11.2. The molecule has 2 bridgehead atoms. The summed E-state index contributed by atoms with van der Waals surface area (Å²) in [7, 11) is 0. The van der Waals surface area contributed by atoms with Gasteiger partial charge in [0.05, 0.1) is 12.0 Å². The minimum atomic E-state index is -0.473. The molecule has 1 aliphatic heterocycles. The first kappa shape index (κ1) is 23.5. The SMILES string of the molecule is CCCCCC(=O)[C@@H](NC(C)=O)SCc1ccco1.O=C1Nc2cccc(c2)CO1. The molecule has 2 amide bonds. The molecule has 1 aliphatic rings. The number of rotatable bonds is 9. The summed E-state index contributed by atoms with van der Waals surface area (Å²) in [5, 5.41) is 4.81. The molecule has 0 saturated carbocycles. The lowest BCUT2D eigenvalue weighted by Gasteiger charge is -2.15. The maximum atomic E-state index is 12.0. The number of carbonyl (C=O) groups excluding carboxylic acids is 3. The van der Waals surface area contributed by atoms with Crippen LogP contribution in [0.15, 0.2) is 47.1 Å². The molecule has 1 aromatic heterocycles. The highest BCUT2D eigenvalue weighted by Crippen LogP contribution is 2.19. The number of ketones is 1. The van der Waals surface area contributed by atoms with Crippen molar-refractivity contribution >= 4 is 35.2 Å². The first-order valence-electron chi connectivity index (χ1n) is 9.94. The number of unbranched alkanes of at least 4 members (excludes halogenated alkanes) is 2. The number of ether oxygens (including phenoxy) is 1. The van der Waals surface area contributed by atoms with Gasteiger partial charge in [-0.2, -0.15) is 0 Å².